The van der Waals surface area contributed by atoms with Gasteiger partial charge in [0.25, 0.3) is 0 Å². The summed E-state index contributed by atoms with van der Waals surface area (Å²) in [5, 5.41) is 32.0. The van der Waals surface area contributed by atoms with Crippen molar-refractivity contribution in [3.63, 3.8) is 0 Å². The molecular weight excluding hydrogens is 254 g/mol. The Morgan fingerprint density at radius 3 is 2.11 bits per heavy atom. The van der Waals surface area contributed by atoms with E-state index in [1.165, 1.54) is 12.1 Å². The predicted octanol–water partition coefficient (Wildman–Crippen LogP) is 2.33. The van der Waals surface area contributed by atoms with Crippen LogP contribution in [0, 0.1) is 0 Å². The number of phenolic OH excluding ortho intramolecular Hbond substituents is 2. The highest BCUT2D eigenvalue weighted by atomic mass is 35.5. The molecule has 0 fully saturated rings. The van der Waals surface area contributed by atoms with Gasteiger partial charge in [0.1, 0.15) is 0 Å². The van der Waals surface area contributed by atoms with Gasteiger partial charge in [-0.25, -0.2) is 0 Å². The van der Waals surface area contributed by atoms with Crippen LogP contribution in [0.1, 0.15) is 39.4 Å². The third-order valence-electron chi connectivity index (χ3n) is 2.48. The molecule has 1 aromatic carbocycles. The van der Waals surface area contributed by atoms with E-state index >= 15 is 0 Å². The Labute approximate surface area is 114 Å². The van der Waals surface area contributed by atoms with Crippen LogP contribution in [-0.2, 0) is 0 Å². The lowest BCUT2D eigenvalue weighted by atomic mass is 9.99. The summed E-state index contributed by atoms with van der Waals surface area (Å²) in [6.07, 6.45) is -0.735. The third-order valence-corrected chi connectivity index (χ3v) is 2.48. The maximum absolute atomic E-state index is 10.1. The number of hydrogen-bond donors (Lipinski definition) is 4. The van der Waals surface area contributed by atoms with E-state index in [1.54, 1.807) is 6.07 Å². The van der Waals surface area contributed by atoms with Gasteiger partial charge in [0.05, 0.1) is 6.10 Å². The molecule has 0 saturated heterocycles. The summed E-state index contributed by atoms with van der Waals surface area (Å²) in [5.41, 5.74) is 0.476. The molecule has 4 N–H and O–H groups in total. The summed E-state index contributed by atoms with van der Waals surface area (Å²) in [4.78, 5) is 0. The van der Waals surface area contributed by atoms with Crippen LogP contribution in [0.2, 0.25) is 0 Å². The molecule has 0 amide bonds. The van der Waals surface area contributed by atoms with Crippen molar-refractivity contribution >= 4 is 12.4 Å². The van der Waals surface area contributed by atoms with Gasteiger partial charge in [-0.3, -0.25) is 0 Å². The SMILES string of the molecule is CC(NC(C)(C)C)C(O)c1ccc(O)c(O)c1.Cl. The predicted molar refractivity (Wildman–Crippen MR) is 74.3 cm³/mol. The van der Waals surface area contributed by atoms with Gasteiger partial charge in [-0.15, -0.1) is 12.4 Å². The van der Waals surface area contributed by atoms with Crippen molar-refractivity contribution in [2.45, 2.75) is 45.4 Å². The monoisotopic (exact) mass is 275 g/mol. The number of halogens is 1. The second-order valence-electron chi connectivity index (χ2n) is 5.38. The topological polar surface area (TPSA) is 72.7 Å². The molecule has 4 nitrogen and oxygen atoms in total. The fourth-order valence-corrected chi connectivity index (χ4v) is 1.78. The summed E-state index contributed by atoms with van der Waals surface area (Å²) >= 11 is 0. The van der Waals surface area contributed by atoms with Crippen LogP contribution >= 0.6 is 12.4 Å². The Balaban J connectivity index is 0.00000289. The molecule has 104 valence electrons. The number of nitrogens with one attached hydrogen (secondary N) is 1. The van der Waals surface area contributed by atoms with Crippen LogP contribution in [0.5, 0.6) is 11.5 Å². The van der Waals surface area contributed by atoms with Gasteiger partial charge in [0.15, 0.2) is 11.5 Å². The molecule has 0 bridgehead atoms. The summed E-state index contributed by atoms with van der Waals surface area (Å²) in [6.45, 7) is 7.93. The van der Waals surface area contributed by atoms with Crippen molar-refractivity contribution in [1.29, 1.82) is 0 Å². The lowest BCUT2D eigenvalue weighted by molar-refractivity contribution is 0.121. The van der Waals surface area contributed by atoms with Crippen molar-refractivity contribution in [1.82, 2.24) is 5.32 Å². The van der Waals surface area contributed by atoms with Gasteiger partial charge in [-0.1, -0.05) is 6.07 Å². The van der Waals surface area contributed by atoms with E-state index in [9.17, 15) is 15.3 Å². The fourth-order valence-electron chi connectivity index (χ4n) is 1.78. The molecule has 5 heteroatoms. The van der Waals surface area contributed by atoms with Crippen molar-refractivity contribution in [3.8, 4) is 11.5 Å². The highest BCUT2D eigenvalue weighted by molar-refractivity contribution is 5.85. The zero-order valence-corrected chi connectivity index (χ0v) is 12.0. The Morgan fingerprint density at radius 1 is 1.11 bits per heavy atom. The Bertz CT molecular complexity index is 390. The zero-order valence-electron chi connectivity index (χ0n) is 11.1. The minimum absolute atomic E-state index is 0. The van der Waals surface area contributed by atoms with E-state index in [0.717, 1.165) is 0 Å². The van der Waals surface area contributed by atoms with E-state index in [2.05, 4.69) is 5.32 Å². The van der Waals surface area contributed by atoms with E-state index in [1.807, 2.05) is 27.7 Å². The number of aromatic hydroxyl groups is 2. The second-order valence-corrected chi connectivity index (χ2v) is 5.38. The average molecular weight is 276 g/mol. The molecule has 0 heterocycles. The number of aliphatic hydroxyl groups is 1. The van der Waals surface area contributed by atoms with E-state index in [4.69, 9.17) is 0 Å². The van der Waals surface area contributed by atoms with Gasteiger partial charge < -0.3 is 20.6 Å². The first-order valence-corrected chi connectivity index (χ1v) is 5.68. The lowest BCUT2D eigenvalue weighted by Gasteiger charge is -2.29. The van der Waals surface area contributed by atoms with E-state index < -0.39 is 6.10 Å². The lowest BCUT2D eigenvalue weighted by Crippen LogP contribution is -2.44. The van der Waals surface area contributed by atoms with Crippen molar-refractivity contribution < 1.29 is 15.3 Å². The van der Waals surface area contributed by atoms with Crippen LogP contribution in [0.25, 0.3) is 0 Å². The number of rotatable bonds is 3. The molecule has 2 unspecified atom stereocenters. The molecule has 2 atom stereocenters. The summed E-state index contributed by atoms with van der Waals surface area (Å²) in [7, 11) is 0. The van der Waals surface area contributed by atoms with E-state index in [0.29, 0.717) is 5.56 Å². The maximum atomic E-state index is 10.1. The van der Waals surface area contributed by atoms with Crippen molar-refractivity contribution in [2.24, 2.45) is 0 Å². The minimum Gasteiger partial charge on any atom is -0.504 e. The zero-order chi connectivity index (χ0) is 13.2. The molecule has 1 aromatic rings. The summed E-state index contributed by atoms with van der Waals surface area (Å²) < 4.78 is 0. The Morgan fingerprint density at radius 2 is 1.67 bits per heavy atom. The second kappa shape index (κ2) is 6.27. The number of benzene rings is 1. The van der Waals surface area contributed by atoms with Crippen LogP contribution in [0.4, 0.5) is 0 Å². The number of hydrogen-bond acceptors (Lipinski definition) is 4. The molecule has 0 radical (unpaired) electrons. The van der Waals surface area contributed by atoms with Crippen molar-refractivity contribution in [3.05, 3.63) is 23.8 Å². The molecule has 0 aliphatic rings. The Hall–Kier alpha value is -0.970. The molecule has 1 rings (SSSR count). The molecule has 0 spiro atoms. The normalized spacial score (nSPS) is 14.7. The third kappa shape index (κ3) is 4.72. The molecular formula is C13H22ClNO3. The first-order chi connectivity index (χ1) is 7.70. The van der Waals surface area contributed by atoms with E-state index in [-0.39, 0.29) is 35.5 Å². The van der Waals surface area contributed by atoms with Gasteiger partial charge in [0, 0.05) is 11.6 Å². The highest BCUT2D eigenvalue weighted by Crippen LogP contribution is 2.29. The van der Waals surface area contributed by atoms with Gasteiger partial charge >= 0.3 is 0 Å². The van der Waals surface area contributed by atoms with Crippen LogP contribution in [0.3, 0.4) is 0 Å². The average Bonchev–Trinajstić information content (AvgIpc) is 2.18. The van der Waals surface area contributed by atoms with Gasteiger partial charge in [-0.05, 0) is 45.4 Å². The molecule has 0 saturated carbocycles. The summed E-state index contributed by atoms with van der Waals surface area (Å²) in [6, 6.07) is 4.19. The van der Waals surface area contributed by atoms with Crippen molar-refractivity contribution in [2.75, 3.05) is 0 Å². The van der Waals surface area contributed by atoms with Gasteiger partial charge in [-0.2, -0.15) is 0 Å². The maximum Gasteiger partial charge on any atom is 0.157 e. The standard InChI is InChI=1S/C13H21NO3.ClH/c1-8(14-13(2,3)4)12(17)9-5-6-10(15)11(16)7-9;/h5-8,12,14-17H,1-4H3;1H. The summed E-state index contributed by atoms with van der Waals surface area (Å²) in [5.74, 6) is -0.401. The van der Waals surface area contributed by atoms with Crippen LogP contribution in [-0.4, -0.2) is 26.9 Å². The minimum atomic E-state index is -0.735. The van der Waals surface area contributed by atoms with Crippen LogP contribution in [0.15, 0.2) is 18.2 Å². The highest BCUT2D eigenvalue weighted by Gasteiger charge is 2.21. The first kappa shape index (κ1) is 17.0. The molecule has 0 aromatic heterocycles. The van der Waals surface area contributed by atoms with Crippen LogP contribution < -0.4 is 5.32 Å². The molecule has 18 heavy (non-hydrogen) atoms. The molecule has 0 aliphatic heterocycles. The smallest absolute Gasteiger partial charge is 0.157 e. The fraction of sp³-hybridized carbons (Fsp3) is 0.538. The number of phenols is 2. The largest absolute Gasteiger partial charge is 0.504 e. The Kier molecular flexibility index (Phi) is 5.93. The molecule has 0 aliphatic carbocycles. The van der Waals surface area contributed by atoms with Gasteiger partial charge in [0.2, 0.25) is 0 Å². The quantitative estimate of drug-likeness (QED) is 0.639. The number of aliphatic hydroxyl groups excluding tert-OH is 1. The first-order valence-electron chi connectivity index (χ1n) is 5.68.